The number of aromatic nitrogens is 1. The van der Waals surface area contributed by atoms with Gasteiger partial charge in [-0.2, -0.15) is 0 Å². The van der Waals surface area contributed by atoms with Crippen LogP contribution in [0.3, 0.4) is 0 Å². The second-order valence-electron chi connectivity index (χ2n) is 6.22. The zero-order valence-corrected chi connectivity index (χ0v) is 12.9. The molecule has 2 aliphatic rings. The molecule has 20 heavy (non-hydrogen) atoms. The topological polar surface area (TPSA) is 28.2 Å². The maximum atomic E-state index is 5.54. The lowest BCUT2D eigenvalue weighted by molar-refractivity contribution is 0.374. The lowest BCUT2D eigenvalue weighted by Gasteiger charge is -2.28. The van der Waals surface area contributed by atoms with Crippen molar-refractivity contribution in [3.63, 3.8) is 0 Å². The summed E-state index contributed by atoms with van der Waals surface area (Å²) in [6.45, 7) is 0.920. The van der Waals surface area contributed by atoms with Gasteiger partial charge in [-0.25, -0.2) is 0 Å². The highest BCUT2D eigenvalue weighted by Gasteiger charge is 2.39. The molecule has 0 saturated heterocycles. The third-order valence-corrected chi connectivity index (χ3v) is 5.25. The van der Waals surface area contributed by atoms with Gasteiger partial charge in [0.25, 0.3) is 0 Å². The minimum Gasteiger partial charge on any atom is -0.360 e. The molecule has 108 valence electrons. The molecule has 1 heterocycles. The minimum atomic E-state index is 0.624. The number of nitrogens with one attached hydrogen (secondary N) is 1. The number of thiocarbonyl (C=S) groups is 1. The van der Waals surface area contributed by atoms with E-state index in [0.29, 0.717) is 6.04 Å². The largest absolute Gasteiger partial charge is 0.360 e. The molecule has 1 aromatic heterocycles. The standard InChI is InChI=1S/C16H23N3S/c1-19(9-7-14-4-2-3-8-17-14)16(20)18-15-11-12-5-6-13(15)10-12/h2-4,8,12-13,15H,5-7,9-11H2,1H3,(H,18,20)/t12-,13-,15-/m1/s1. The van der Waals surface area contributed by atoms with Gasteiger partial charge in [0, 0.05) is 37.9 Å². The first-order valence-corrected chi connectivity index (χ1v) is 8.04. The molecular formula is C16H23N3S. The van der Waals surface area contributed by atoms with Gasteiger partial charge in [0.05, 0.1) is 0 Å². The van der Waals surface area contributed by atoms with Crippen molar-refractivity contribution in [1.82, 2.24) is 15.2 Å². The van der Waals surface area contributed by atoms with Crippen LogP contribution in [-0.2, 0) is 6.42 Å². The summed E-state index contributed by atoms with van der Waals surface area (Å²) in [6.07, 6.45) is 8.35. The van der Waals surface area contributed by atoms with E-state index in [1.165, 1.54) is 25.7 Å². The highest BCUT2D eigenvalue weighted by molar-refractivity contribution is 7.80. The van der Waals surface area contributed by atoms with Crippen molar-refractivity contribution in [3.05, 3.63) is 30.1 Å². The van der Waals surface area contributed by atoms with Crippen LogP contribution in [0.1, 0.15) is 31.4 Å². The Morgan fingerprint density at radius 1 is 1.40 bits per heavy atom. The van der Waals surface area contributed by atoms with Crippen molar-refractivity contribution in [3.8, 4) is 0 Å². The molecule has 0 radical (unpaired) electrons. The summed E-state index contributed by atoms with van der Waals surface area (Å²) in [6, 6.07) is 6.68. The van der Waals surface area contributed by atoms with Crippen molar-refractivity contribution >= 4 is 17.3 Å². The highest BCUT2D eigenvalue weighted by atomic mass is 32.1. The molecule has 0 aromatic carbocycles. The summed E-state index contributed by atoms with van der Waals surface area (Å²) >= 11 is 5.54. The van der Waals surface area contributed by atoms with Crippen LogP contribution in [-0.4, -0.2) is 34.6 Å². The Morgan fingerprint density at radius 2 is 2.30 bits per heavy atom. The Kier molecular flexibility index (Phi) is 4.20. The molecule has 2 saturated carbocycles. The fraction of sp³-hybridized carbons (Fsp3) is 0.625. The summed E-state index contributed by atoms with van der Waals surface area (Å²) < 4.78 is 0. The first-order chi connectivity index (χ1) is 9.72. The van der Waals surface area contributed by atoms with Crippen LogP contribution in [0.25, 0.3) is 0 Å². The van der Waals surface area contributed by atoms with Gasteiger partial charge in [0.2, 0.25) is 0 Å². The number of fused-ring (bicyclic) bond motifs is 2. The average Bonchev–Trinajstić information content (AvgIpc) is 3.08. The SMILES string of the molecule is CN(CCc1ccccn1)C(=S)N[C@@H]1C[C@@H]2CC[C@@H]1C2. The number of pyridine rings is 1. The van der Waals surface area contributed by atoms with Gasteiger partial charge in [0.1, 0.15) is 0 Å². The van der Waals surface area contributed by atoms with Crippen LogP contribution < -0.4 is 5.32 Å². The predicted molar refractivity (Wildman–Crippen MR) is 85.5 cm³/mol. The van der Waals surface area contributed by atoms with Crippen LogP contribution >= 0.6 is 12.2 Å². The Labute approximate surface area is 126 Å². The van der Waals surface area contributed by atoms with Gasteiger partial charge in [-0.05, 0) is 55.4 Å². The van der Waals surface area contributed by atoms with E-state index in [4.69, 9.17) is 12.2 Å². The van der Waals surface area contributed by atoms with Crippen molar-refractivity contribution in [2.75, 3.05) is 13.6 Å². The molecule has 3 nitrogen and oxygen atoms in total. The Morgan fingerprint density at radius 3 is 2.95 bits per heavy atom. The lowest BCUT2D eigenvalue weighted by Crippen LogP contribution is -2.45. The Balaban J connectivity index is 1.45. The summed E-state index contributed by atoms with van der Waals surface area (Å²) in [5, 5.41) is 4.48. The maximum absolute atomic E-state index is 5.54. The van der Waals surface area contributed by atoms with Crippen molar-refractivity contribution in [2.45, 2.75) is 38.1 Å². The van der Waals surface area contributed by atoms with E-state index in [0.717, 1.165) is 35.6 Å². The third kappa shape index (κ3) is 3.11. The molecule has 1 aromatic rings. The minimum absolute atomic E-state index is 0.624. The number of rotatable bonds is 4. The fourth-order valence-electron chi connectivity index (χ4n) is 3.62. The second kappa shape index (κ2) is 6.08. The van der Waals surface area contributed by atoms with Gasteiger partial charge >= 0.3 is 0 Å². The van der Waals surface area contributed by atoms with Crippen LogP contribution in [0.4, 0.5) is 0 Å². The van der Waals surface area contributed by atoms with Gasteiger partial charge < -0.3 is 10.2 Å². The highest BCUT2D eigenvalue weighted by Crippen LogP contribution is 2.44. The van der Waals surface area contributed by atoms with Gasteiger partial charge in [-0.3, -0.25) is 4.98 Å². The van der Waals surface area contributed by atoms with Crippen LogP contribution in [0.5, 0.6) is 0 Å². The van der Waals surface area contributed by atoms with Crippen molar-refractivity contribution in [1.29, 1.82) is 0 Å². The summed E-state index contributed by atoms with van der Waals surface area (Å²) in [5.41, 5.74) is 1.13. The molecular weight excluding hydrogens is 266 g/mol. The van der Waals surface area contributed by atoms with E-state index in [1.807, 2.05) is 18.3 Å². The quantitative estimate of drug-likeness (QED) is 0.863. The van der Waals surface area contributed by atoms with Crippen molar-refractivity contribution in [2.24, 2.45) is 11.8 Å². The van der Waals surface area contributed by atoms with Gasteiger partial charge in [-0.15, -0.1) is 0 Å². The van der Waals surface area contributed by atoms with E-state index >= 15 is 0 Å². The van der Waals surface area contributed by atoms with E-state index in [2.05, 4.69) is 28.3 Å². The molecule has 0 spiro atoms. The summed E-state index contributed by atoms with van der Waals surface area (Å²) in [4.78, 5) is 6.50. The normalized spacial score (nSPS) is 27.6. The van der Waals surface area contributed by atoms with Crippen LogP contribution in [0, 0.1) is 11.8 Å². The zero-order chi connectivity index (χ0) is 13.9. The molecule has 4 heteroatoms. The second-order valence-corrected chi connectivity index (χ2v) is 6.61. The number of likely N-dealkylation sites (N-methyl/N-ethyl adjacent to an activating group) is 1. The molecule has 3 rings (SSSR count). The van der Waals surface area contributed by atoms with Crippen molar-refractivity contribution < 1.29 is 0 Å². The van der Waals surface area contributed by atoms with Gasteiger partial charge in [0.15, 0.2) is 5.11 Å². The zero-order valence-electron chi connectivity index (χ0n) is 12.1. The van der Waals surface area contributed by atoms with E-state index in [1.54, 1.807) is 0 Å². The van der Waals surface area contributed by atoms with Crippen LogP contribution in [0.15, 0.2) is 24.4 Å². The molecule has 3 atom stereocenters. The monoisotopic (exact) mass is 289 g/mol. The van der Waals surface area contributed by atoms with E-state index in [-0.39, 0.29) is 0 Å². The smallest absolute Gasteiger partial charge is 0.168 e. The molecule has 1 N–H and O–H groups in total. The first-order valence-electron chi connectivity index (χ1n) is 7.64. The molecule has 0 aliphatic heterocycles. The molecule has 0 amide bonds. The fourth-order valence-corrected chi connectivity index (χ4v) is 3.86. The molecule has 2 bridgehead atoms. The van der Waals surface area contributed by atoms with Gasteiger partial charge in [-0.1, -0.05) is 12.5 Å². The molecule has 2 aliphatic carbocycles. The summed E-state index contributed by atoms with van der Waals surface area (Å²) in [5.74, 6) is 1.82. The summed E-state index contributed by atoms with van der Waals surface area (Å²) in [7, 11) is 2.07. The first kappa shape index (κ1) is 13.8. The lowest BCUT2D eigenvalue weighted by atomic mass is 9.95. The molecule has 2 fully saturated rings. The maximum Gasteiger partial charge on any atom is 0.168 e. The Bertz CT molecular complexity index is 462. The number of nitrogens with zero attached hydrogens (tertiary/aromatic N) is 2. The van der Waals surface area contributed by atoms with E-state index < -0.39 is 0 Å². The Hall–Kier alpha value is -1.16. The number of hydrogen-bond acceptors (Lipinski definition) is 2. The van der Waals surface area contributed by atoms with E-state index in [9.17, 15) is 0 Å². The number of hydrogen-bond donors (Lipinski definition) is 1. The third-order valence-electron chi connectivity index (χ3n) is 4.82. The molecule has 0 unspecified atom stereocenters. The van der Waals surface area contributed by atoms with Crippen LogP contribution in [0.2, 0.25) is 0 Å². The average molecular weight is 289 g/mol. The predicted octanol–water partition coefficient (Wildman–Crippen LogP) is 2.62.